The molecule has 0 unspecified atom stereocenters. The minimum atomic E-state index is -0.371. The van der Waals surface area contributed by atoms with Crippen LogP contribution in [-0.4, -0.2) is 25.2 Å². The highest BCUT2D eigenvalue weighted by molar-refractivity contribution is 7.09. The van der Waals surface area contributed by atoms with Crippen LogP contribution in [0, 0.1) is 13.8 Å². The SMILES string of the molecule is CCCCCCCCCC[n+]1csc(CCOC(=O)c2ccc(C(=O)OCCc3sc[n+](CCCCCCCCCC)c3C)cc2)c1C. The van der Waals surface area contributed by atoms with E-state index >= 15 is 0 Å². The number of thiazole rings is 2. The predicted molar refractivity (Wildman–Crippen MR) is 198 cm³/mol. The Kier molecular flexibility index (Phi) is 19.7. The summed E-state index contributed by atoms with van der Waals surface area (Å²) < 4.78 is 15.8. The summed E-state index contributed by atoms with van der Waals surface area (Å²) >= 11 is 3.48. The van der Waals surface area contributed by atoms with Crippen molar-refractivity contribution in [2.75, 3.05) is 13.2 Å². The number of rotatable bonds is 26. The summed E-state index contributed by atoms with van der Waals surface area (Å²) in [7, 11) is 0. The van der Waals surface area contributed by atoms with Crippen molar-refractivity contribution in [3.8, 4) is 0 Å². The minimum Gasteiger partial charge on any atom is -0.462 e. The van der Waals surface area contributed by atoms with Gasteiger partial charge in [0.25, 0.3) is 0 Å². The molecule has 0 N–H and O–H groups in total. The molecule has 0 bridgehead atoms. The fourth-order valence-electron chi connectivity index (χ4n) is 6.04. The van der Waals surface area contributed by atoms with Gasteiger partial charge < -0.3 is 9.47 Å². The highest BCUT2D eigenvalue weighted by atomic mass is 32.1. The number of nitrogens with zero attached hydrogens (tertiary/aromatic N) is 2. The Morgan fingerprint density at radius 3 is 1.23 bits per heavy atom. The van der Waals surface area contributed by atoms with Gasteiger partial charge in [0.1, 0.15) is 13.1 Å². The molecule has 2 heterocycles. The molecular formula is C40H62N2O4S2+2. The third-order valence-electron chi connectivity index (χ3n) is 9.30. The fraction of sp³-hybridized carbons (Fsp3) is 0.650. The molecule has 0 aliphatic rings. The van der Waals surface area contributed by atoms with Crippen LogP contribution < -0.4 is 9.13 Å². The summed E-state index contributed by atoms with van der Waals surface area (Å²) in [6.45, 7) is 11.6. The van der Waals surface area contributed by atoms with Crippen LogP contribution in [0.2, 0.25) is 0 Å². The van der Waals surface area contributed by atoms with Crippen molar-refractivity contribution in [3.05, 3.63) is 67.6 Å². The number of hydrogen-bond donors (Lipinski definition) is 0. The first-order chi connectivity index (χ1) is 23.4. The summed E-state index contributed by atoms with van der Waals surface area (Å²) in [5.74, 6) is -0.742. The van der Waals surface area contributed by atoms with E-state index in [-0.39, 0.29) is 11.9 Å². The number of carbonyl (C=O) groups is 2. The standard InChI is InChI=1S/C40H62N2O4S2/c1-5-7-9-11-13-15-17-19-27-41-31-47-37(33(41)3)25-29-45-39(43)35-21-23-36(24-22-35)40(44)46-30-26-38-34(4)42(32-48-38)28-20-18-16-14-12-10-8-6-2/h21-24,31-32H,5-20,25-30H2,1-4H3/q+2. The van der Waals surface area contributed by atoms with Gasteiger partial charge in [-0.05, 0) is 37.1 Å². The lowest BCUT2D eigenvalue weighted by molar-refractivity contribution is -0.698. The monoisotopic (exact) mass is 698 g/mol. The lowest BCUT2D eigenvalue weighted by Crippen LogP contribution is -2.34. The quantitative estimate of drug-likeness (QED) is 0.0476. The number of unbranched alkanes of at least 4 members (excludes halogenated alkanes) is 14. The maximum Gasteiger partial charge on any atom is 0.338 e. The number of ether oxygens (including phenoxy) is 2. The average Bonchev–Trinajstić information content (AvgIpc) is 3.63. The average molecular weight is 699 g/mol. The van der Waals surface area contributed by atoms with Crippen molar-refractivity contribution >= 4 is 34.6 Å². The van der Waals surface area contributed by atoms with Crippen LogP contribution in [0.15, 0.2) is 35.3 Å². The molecule has 0 aliphatic carbocycles. The molecule has 266 valence electrons. The zero-order valence-electron chi connectivity index (χ0n) is 30.4. The van der Waals surface area contributed by atoms with Gasteiger partial charge in [-0.15, -0.1) is 0 Å². The van der Waals surface area contributed by atoms with Crippen LogP contribution in [-0.2, 0) is 35.4 Å². The third kappa shape index (κ3) is 14.5. The second-order valence-corrected chi connectivity index (χ2v) is 15.0. The van der Waals surface area contributed by atoms with Crippen molar-refractivity contribution in [1.82, 2.24) is 0 Å². The minimum absolute atomic E-state index is 0.336. The summed E-state index contributed by atoms with van der Waals surface area (Å²) in [6, 6.07) is 6.57. The molecule has 3 rings (SSSR count). The highest BCUT2D eigenvalue weighted by Crippen LogP contribution is 2.16. The molecule has 0 radical (unpaired) electrons. The van der Waals surface area contributed by atoms with E-state index in [1.54, 1.807) is 46.9 Å². The van der Waals surface area contributed by atoms with Gasteiger partial charge in [0.05, 0.1) is 34.1 Å². The van der Waals surface area contributed by atoms with Crippen molar-refractivity contribution in [1.29, 1.82) is 0 Å². The predicted octanol–water partition coefficient (Wildman–Crippen LogP) is 10.1. The number of aromatic nitrogens is 2. The Bertz CT molecular complexity index is 1230. The van der Waals surface area contributed by atoms with Crippen molar-refractivity contribution < 1.29 is 28.2 Å². The number of hydrogen-bond acceptors (Lipinski definition) is 6. The van der Waals surface area contributed by atoms with E-state index in [2.05, 4.69) is 47.9 Å². The van der Waals surface area contributed by atoms with Crippen LogP contribution in [0.1, 0.15) is 158 Å². The highest BCUT2D eigenvalue weighted by Gasteiger charge is 2.18. The molecule has 0 fully saturated rings. The molecule has 0 saturated carbocycles. The van der Waals surface area contributed by atoms with E-state index in [4.69, 9.17) is 9.47 Å². The molecule has 0 saturated heterocycles. The maximum atomic E-state index is 12.7. The van der Waals surface area contributed by atoms with Crippen LogP contribution in [0.4, 0.5) is 0 Å². The maximum absolute atomic E-state index is 12.7. The number of carbonyl (C=O) groups excluding carboxylic acids is 2. The Hall–Kier alpha value is -2.58. The first kappa shape index (κ1) is 39.9. The van der Waals surface area contributed by atoms with E-state index in [0.717, 1.165) is 13.1 Å². The number of aryl methyl sites for hydroxylation is 2. The van der Waals surface area contributed by atoms with Gasteiger partial charge >= 0.3 is 11.9 Å². The van der Waals surface area contributed by atoms with Crippen LogP contribution in [0.3, 0.4) is 0 Å². The van der Waals surface area contributed by atoms with Gasteiger partial charge in [0.2, 0.25) is 11.0 Å². The summed E-state index contributed by atoms with van der Waals surface area (Å²) in [6.07, 6.45) is 22.6. The third-order valence-corrected chi connectivity index (χ3v) is 11.6. The smallest absolute Gasteiger partial charge is 0.338 e. The molecule has 0 spiro atoms. The number of esters is 2. The molecule has 8 heteroatoms. The fourth-order valence-corrected chi connectivity index (χ4v) is 8.05. The molecule has 1 aromatic carbocycles. The normalized spacial score (nSPS) is 11.2. The molecule has 0 aliphatic heterocycles. The van der Waals surface area contributed by atoms with E-state index in [0.29, 0.717) is 37.2 Å². The zero-order valence-corrected chi connectivity index (χ0v) is 32.0. The molecule has 6 nitrogen and oxygen atoms in total. The van der Waals surface area contributed by atoms with Crippen molar-refractivity contribution in [3.63, 3.8) is 0 Å². The van der Waals surface area contributed by atoms with E-state index < -0.39 is 0 Å². The lowest BCUT2D eigenvalue weighted by Gasteiger charge is -2.06. The Morgan fingerprint density at radius 2 is 0.875 bits per heavy atom. The molecular weight excluding hydrogens is 637 g/mol. The van der Waals surface area contributed by atoms with Crippen molar-refractivity contribution in [2.24, 2.45) is 0 Å². The van der Waals surface area contributed by atoms with Gasteiger partial charge in [0.15, 0.2) is 11.4 Å². The van der Waals surface area contributed by atoms with Gasteiger partial charge in [-0.2, -0.15) is 9.13 Å². The molecule has 0 atom stereocenters. The molecule has 3 aromatic rings. The Balaban J connectivity index is 1.30. The first-order valence-corrected chi connectivity index (χ1v) is 20.6. The van der Waals surface area contributed by atoms with Crippen LogP contribution in [0.5, 0.6) is 0 Å². The topological polar surface area (TPSA) is 60.4 Å². The summed E-state index contributed by atoms with van der Waals surface area (Å²) in [4.78, 5) is 27.8. The van der Waals surface area contributed by atoms with Crippen molar-refractivity contribution in [2.45, 2.75) is 156 Å². The Morgan fingerprint density at radius 1 is 0.542 bits per heavy atom. The molecule has 0 amide bonds. The van der Waals surface area contributed by atoms with E-state index in [1.807, 2.05) is 0 Å². The van der Waals surface area contributed by atoms with Crippen LogP contribution in [0.25, 0.3) is 0 Å². The van der Waals surface area contributed by atoms with Gasteiger partial charge in [-0.25, -0.2) is 9.59 Å². The second-order valence-electron chi connectivity index (χ2n) is 13.1. The van der Waals surface area contributed by atoms with Gasteiger partial charge in [0, 0.05) is 39.5 Å². The van der Waals surface area contributed by atoms with Gasteiger partial charge in [-0.3, -0.25) is 0 Å². The second kappa shape index (κ2) is 23.7. The Labute approximate surface area is 298 Å². The van der Waals surface area contributed by atoms with E-state index in [9.17, 15) is 9.59 Å². The summed E-state index contributed by atoms with van der Waals surface area (Å²) in [5.41, 5.74) is 7.82. The van der Waals surface area contributed by atoms with E-state index in [1.165, 1.54) is 124 Å². The van der Waals surface area contributed by atoms with Gasteiger partial charge in [-0.1, -0.05) is 114 Å². The van der Waals surface area contributed by atoms with Crippen LogP contribution >= 0.6 is 22.7 Å². The zero-order chi connectivity index (χ0) is 34.4. The number of benzene rings is 1. The summed E-state index contributed by atoms with van der Waals surface area (Å²) in [5, 5.41) is 0. The molecule has 2 aromatic heterocycles. The first-order valence-electron chi connectivity index (χ1n) is 18.8. The lowest BCUT2D eigenvalue weighted by atomic mass is 10.1. The largest absolute Gasteiger partial charge is 0.462 e. The molecule has 48 heavy (non-hydrogen) atoms.